The van der Waals surface area contributed by atoms with E-state index in [1.165, 1.54) is 19.3 Å². The fourth-order valence-corrected chi connectivity index (χ4v) is 4.57. The fourth-order valence-electron chi connectivity index (χ4n) is 3.86. The summed E-state index contributed by atoms with van der Waals surface area (Å²) in [4.78, 5) is 32.1. The van der Waals surface area contributed by atoms with Crippen molar-refractivity contribution in [2.75, 3.05) is 13.2 Å². The van der Waals surface area contributed by atoms with Crippen molar-refractivity contribution in [3.8, 4) is 0 Å². The van der Waals surface area contributed by atoms with E-state index >= 15 is 0 Å². The van der Waals surface area contributed by atoms with Crippen LogP contribution in [0.5, 0.6) is 0 Å². The van der Waals surface area contributed by atoms with Crippen LogP contribution in [0, 0.1) is 0 Å². The molecule has 1 aliphatic carbocycles. The summed E-state index contributed by atoms with van der Waals surface area (Å²) in [5.41, 5.74) is 2.72. The summed E-state index contributed by atoms with van der Waals surface area (Å²) >= 11 is 3.64. The first kappa shape index (κ1) is 19.9. The molecule has 1 N–H and O–H groups in total. The van der Waals surface area contributed by atoms with Gasteiger partial charge in [-0.1, -0.05) is 19.3 Å². The van der Waals surface area contributed by atoms with E-state index in [2.05, 4.69) is 25.9 Å². The molecule has 0 radical (unpaired) electrons. The lowest BCUT2D eigenvalue weighted by Crippen LogP contribution is -2.12. The summed E-state index contributed by atoms with van der Waals surface area (Å²) in [7, 11) is 0. The smallest absolute Gasteiger partial charge is 0.357 e. The zero-order valence-electron chi connectivity index (χ0n) is 15.8. The number of carbonyl (C=O) groups is 2. The third-order valence-corrected chi connectivity index (χ3v) is 5.60. The van der Waals surface area contributed by atoms with Crippen LogP contribution < -0.4 is 0 Å². The van der Waals surface area contributed by atoms with Gasteiger partial charge in [-0.3, -0.25) is 4.79 Å². The molecular formula is C20H25BrN2O4. The minimum absolute atomic E-state index is 0.100. The molecule has 6 nitrogen and oxygen atoms in total. The van der Waals surface area contributed by atoms with Gasteiger partial charge in [0.05, 0.1) is 24.2 Å². The number of nitrogens with one attached hydrogen (secondary N) is 1. The number of esters is 2. The monoisotopic (exact) mass is 436 g/mol. The van der Waals surface area contributed by atoms with Gasteiger partial charge in [0.15, 0.2) is 5.69 Å². The van der Waals surface area contributed by atoms with E-state index in [-0.39, 0.29) is 24.7 Å². The van der Waals surface area contributed by atoms with Crippen LogP contribution in [0.1, 0.15) is 73.5 Å². The molecule has 146 valence electrons. The molecule has 1 aliphatic rings. The summed E-state index contributed by atoms with van der Waals surface area (Å²) < 4.78 is 11.1. The molecule has 0 bridgehead atoms. The maximum absolute atomic E-state index is 12.2. The Morgan fingerprint density at radius 3 is 2.56 bits per heavy atom. The number of hydrogen-bond donors (Lipinski definition) is 1. The van der Waals surface area contributed by atoms with Crippen LogP contribution in [0.2, 0.25) is 0 Å². The van der Waals surface area contributed by atoms with Crippen LogP contribution in [0.25, 0.3) is 11.0 Å². The average molecular weight is 437 g/mol. The van der Waals surface area contributed by atoms with E-state index in [4.69, 9.17) is 9.47 Å². The highest BCUT2D eigenvalue weighted by Crippen LogP contribution is 2.41. The largest absolute Gasteiger partial charge is 0.466 e. The second kappa shape index (κ2) is 8.87. The zero-order valence-corrected chi connectivity index (χ0v) is 17.4. The first-order valence-corrected chi connectivity index (χ1v) is 10.4. The number of hydrogen-bond acceptors (Lipinski definition) is 5. The Hall–Kier alpha value is -1.89. The second-order valence-corrected chi connectivity index (χ2v) is 7.57. The highest BCUT2D eigenvalue weighted by Gasteiger charge is 2.26. The van der Waals surface area contributed by atoms with Crippen molar-refractivity contribution >= 4 is 38.9 Å². The molecule has 0 aliphatic heterocycles. The predicted octanol–water partition coefficient (Wildman–Crippen LogP) is 4.66. The lowest BCUT2D eigenvalue weighted by molar-refractivity contribution is -0.142. The highest BCUT2D eigenvalue weighted by molar-refractivity contribution is 9.10. The van der Waals surface area contributed by atoms with Crippen molar-refractivity contribution in [3.05, 3.63) is 27.5 Å². The van der Waals surface area contributed by atoms with Gasteiger partial charge < -0.3 is 14.5 Å². The molecule has 0 unspecified atom stereocenters. The normalized spacial score (nSPS) is 15.1. The van der Waals surface area contributed by atoms with E-state index in [1.54, 1.807) is 19.9 Å². The quantitative estimate of drug-likeness (QED) is 0.665. The molecule has 0 aromatic carbocycles. The van der Waals surface area contributed by atoms with Crippen LogP contribution in [0.15, 0.2) is 10.7 Å². The standard InChI is InChI=1S/C20H25BrN2O4/c1-3-26-15(24)11-13-10-14(20(25)27-4-2)22-19-17(13)16(18(21)23-19)12-8-6-5-7-9-12/h10,12H,3-9,11H2,1-2H3,(H,22,23). The molecule has 1 fully saturated rings. The van der Waals surface area contributed by atoms with Gasteiger partial charge in [0.2, 0.25) is 0 Å². The summed E-state index contributed by atoms with van der Waals surface area (Å²) in [5, 5.41) is 0.926. The lowest BCUT2D eigenvalue weighted by atomic mass is 9.83. The number of aromatic amines is 1. The summed E-state index contributed by atoms with van der Waals surface area (Å²) in [6, 6.07) is 1.67. The molecule has 2 aromatic heterocycles. The molecule has 2 aromatic rings. The first-order valence-electron chi connectivity index (χ1n) is 9.58. The number of rotatable bonds is 6. The number of carbonyl (C=O) groups excluding carboxylic acids is 2. The van der Waals surface area contributed by atoms with Gasteiger partial charge in [-0.05, 0) is 65.7 Å². The Morgan fingerprint density at radius 2 is 1.89 bits per heavy atom. The minimum atomic E-state index is -0.491. The summed E-state index contributed by atoms with van der Waals surface area (Å²) in [5.74, 6) is -0.390. The minimum Gasteiger partial charge on any atom is -0.466 e. The van der Waals surface area contributed by atoms with Crippen LogP contribution >= 0.6 is 15.9 Å². The van der Waals surface area contributed by atoms with Crippen molar-refractivity contribution < 1.29 is 19.1 Å². The number of aromatic nitrogens is 2. The van der Waals surface area contributed by atoms with E-state index in [1.807, 2.05) is 0 Å². The lowest BCUT2D eigenvalue weighted by Gasteiger charge is -2.22. The van der Waals surface area contributed by atoms with Gasteiger partial charge >= 0.3 is 11.9 Å². The molecule has 3 rings (SSSR count). The molecule has 0 atom stereocenters. The van der Waals surface area contributed by atoms with Crippen LogP contribution in [0.4, 0.5) is 0 Å². The van der Waals surface area contributed by atoms with Crippen molar-refractivity contribution in [1.82, 2.24) is 9.97 Å². The van der Waals surface area contributed by atoms with Crippen LogP contribution in [-0.2, 0) is 20.7 Å². The summed E-state index contributed by atoms with van der Waals surface area (Å²) in [6.45, 7) is 4.13. The Balaban J connectivity index is 2.12. The second-order valence-electron chi connectivity index (χ2n) is 6.78. The van der Waals surface area contributed by atoms with Gasteiger partial charge in [-0.2, -0.15) is 0 Å². The molecule has 7 heteroatoms. The molecule has 0 spiro atoms. The maximum atomic E-state index is 12.2. The van der Waals surface area contributed by atoms with Gasteiger partial charge in [-0.15, -0.1) is 0 Å². The molecular weight excluding hydrogens is 412 g/mol. The van der Waals surface area contributed by atoms with Gasteiger partial charge in [0, 0.05) is 5.39 Å². The predicted molar refractivity (Wildman–Crippen MR) is 106 cm³/mol. The number of pyridine rings is 1. The molecule has 27 heavy (non-hydrogen) atoms. The number of H-pyrrole nitrogens is 1. The van der Waals surface area contributed by atoms with Crippen molar-refractivity contribution in [2.24, 2.45) is 0 Å². The van der Waals surface area contributed by atoms with Crippen LogP contribution in [0.3, 0.4) is 0 Å². The topological polar surface area (TPSA) is 81.3 Å². The number of ether oxygens (including phenoxy) is 2. The number of nitrogens with zero attached hydrogens (tertiary/aromatic N) is 1. The third kappa shape index (κ3) is 4.34. The van der Waals surface area contributed by atoms with Crippen molar-refractivity contribution in [3.63, 3.8) is 0 Å². The van der Waals surface area contributed by atoms with E-state index in [0.717, 1.165) is 34.0 Å². The number of halogens is 1. The average Bonchev–Trinajstić information content (AvgIpc) is 2.99. The molecule has 2 heterocycles. The highest BCUT2D eigenvalue weighted by atomic mass is 79.9. The van der Waals surface area contributed by atoms with E-state index in [0.29, 0.717) is 18.2 Å². The van der Waals surface area contributed by atoms with Crippen molar-refractivity contribution in [2.45, 2.75) is 58.3 Å². The summed E-state index contributed by atoms with van der Waals surface area (Å²) in [6.07, 6.45) is 5.99. The molecule has 0 saturated heterocycles. The van der Waals surface area contributed by atoms with Gasteiger partial charge in [-0.25, -0.2) is 9.78 Å². The molecule has 0 amide bonds. The first-order chi connectivity index (χ1) is 13.0. The fraction of sp³-hybridized carbons (Fsp3) is 0.550. The van der Waals surface area contributed by atoms with Gasteiger partial charge in [0.1, 0.15) is 5.65 Å². The number of fused-ring (bicyclic) bond motifs is 1. The van der Waals surface area contributed by atoms with E-state index in [9.17, 15) is 9.59 Å². The zero-order chi connectivity index (χ0) is 19.4. The van der Waals surface area contributed by atoms with E-state index < -0.39 is 5.97 Å². The maximum Gasteiger partial charge on any atom is 0.357 e. The Morgan fingerprint density at radius 1 is 1.19 bits per heavy atom. The Bertz CT molecular complexity index is 840. The van der Waals surface area contributed by atoms with Gasteiger partial charge in [0.25, 0.3) is 0 Å². The third-order valence-electron chi connectivity index (χ3n) is 4.97. The van der Waals surface area contributed by atoms with Crippen molar-refractivity contribution in [1.29, 1.82) is 0 Å². The van der Waals surface area contributed by atoms with Crippen LogP contribution in [-0.4, -0.2) is 35.1 Å². The Kier molecular flexibility index (Phi) is 6.52. The molecule has 1 saturated carbocycles. The Labute approximate surface area is 167 Å². The SMILES string of the molecule is CCOC(=O)Cc1cc(C(=O)OCC)nc2[nH]c(Br)c(C3CCCCC3)c12.